The molecular weight excluding hydrogens is 562 g/mol. The molecule has 43 heavy (non-hydrogen) atoms. The number of aromatic amines is 1. The summed E-state index contributed by atoms with van der Waals surface area (Å²) in [5.74, 6) is 0.301. The van der Waals surface area contributed by atoms with Crippen molar-refractivity contribution in [1.82, 2.24) is 20.1 Å². The van der Waals surface area contributed by atoms with Crippen LogP contribution in [-0.2, 0) is 15.4 Å². The number of carbonyl (C=O) groups is 1. The van der Waals surface area contributed by atoms with Gasteiger partial charge in [0.15, 0.2) is 0 Å². The molecule has 1 aromatic heterocycles. The van der Waals surface area contributed by atoms with E-state index >= 15 is 0 Å². The van der Waals surface area contributed by atoms with E-state index in [2.05, 4.69) is 52.6 Å². The van der Waals surface area contributed by atoms with Crippen LogP contribution in [0.15, 0.2) is 77.7 Å². The van der Waals surface area contributed by atoms with Gasteiger partial charge in [-0.1, -0.05) is 63.2 Å². The Kier molecular flexibility index (Phi) is 9.10. The zero-order chi connectivity index (χ0) is 30.6. The van der Waals surface area contributed by atoms with Gasteiger partial charge in [-0.2, -0.15) is 0 Å². The first-order valence-electron chi connectivity index (χ1n) is 14.7. The van der Waals surface area contributed by atoms with Gasteiger partial charge in [-0.25, -0.2) is 13.2 Å². The predicted octanol–water partition coefficient (Wildman–Crippen LogP) is 5.66. The van der Waals surface area contributed by atoms with Crippen molar-refractivity contribution >= 4 is 32.7 Å². The third-order valence-electron chi connectivity index (χ3n) is 7.82. The SMILES string of the molecule is CN1CCN(CCCNC(=O)Oc2[nH]c3ccc(NS(=O)(=O)c4ccc(C(C)(C)C)cc4)cc3c2-c2ccccc2)CC1. The van der Waals surface area contributed by atoms with Crippen LogP contribution in [-0.4, -0.2) is 75.6 Å². The van der Waals surface area contributed by atoms with Crippen molar-refractivity contribution in [3.8, 4) is 17.0 Å². The lowest BCUT2D eigenvalue weighted by Gasteiger charge is -2.32. The predicted molar refractivity (Wildman–Crippen MR) is 172 cm³/mol. The minimum atomic E-state index is -3.82. The third kappa shape index (κ3) is 7.57. The van der Waals surface area contributed by atoms with Gasteiger partial charge in [0.25, 0.3) is 10.0 Å². The number of nitrogens with zero attached hydrogens (tertiary/aromatic N) is 2. The molecule has 0 atom stereocenters. The Labute approximate surface area is 254 Å². The number of piperazine rings is 1. The number of hydrogen-bond acceptors (Lipinski definition) is 6. The smallest absolute Gasteiger partial charge is 0.393 e. The van der Waals surface area contributed by atoms with Crippen LogP contribution in [0.25, 0.3) is 22.0 Å². The number of fused-ring (bicyclic) bond motifs is 1. The molecule has 1 saturated heterocycles. The lowest BCUT2D eigenvalue weighted by Crippen LogP contribution is -2.45. The van der Waals surface area contributed by atoms with E-state index in [-0.39, 0.29) is 10.3 Å². The fraction of sp³-hybridized carbons (Fsp3) is 0.364. The number of hydrogen-bond donors (Lipinski definition) is 3. The van der Waals surface area contributed by atoms with Gasteiger partial charge in [-0.05, 0) is 66.9 Å². The molecule has 9 nitrogen and oxygen atoms in total. The maximum Gasteiger partial charge on any atom is 0.413 e. The van der Waals surface area contributed by atoms with Crippen LogP contribution in [0.5, 0.6) is 5.88 Å². The molecule has 1 fully saturated rings. The van der Waals surface area contributed by atoms with E-state index in [9.17, 15) is 13.2 Å². The molecular formula is C33H41N5O4S. The van der Waals surface area contributed by atoms with Crippen molar-refractivity contribution in [2.45, 2.75) is 37.5 Å². The summed E-state index contributed by atoms with van der Waals surface area (Å²) in [4.78, 5) is 20.9. The first-order chi connectivity index (χ1) is 20.5. The minimum Gasteiger partial charge on any atom is -0.393 e. The molecule has 0 unspecified atom stereocenters. The van der Waals surface area contributed by atoms with Crippen LogP contribution in [0.3, 0.4) is 0 Å². The Bertz CT molecular complexity index is 1650. The summed E-state index contributed by atoms with van der Waals surface area (Å²) in [5, 5.41) is 3.60. The summed E-state index contributed by atoms with van der Waals surface area (Å²) in [6.45, 7) is 11.9. The van der Waals surface area contributed by atoms with E-state index in [1.54, 1.807) is 30.3 Å². The molecule has 0 radical (unpaired) electrons. The van der Waals surface area contributed by atoms with Gasteiger partial charge in [-0.3, -0.25) is 4.72 Å². The molecule has 1 aliphatic heterocycles. The van der Waals surface area contributed by atoms with Crippen LogP contribution in [0, 0.1) is 0 Å². The molecule has 228 valence electrons. The van der Waals surface area contributed by atoms with Gasteiger partial charge in [0.05, 0.1) is 10.5 Å². The number of benzene rings is 3. The van der Waals surface area contributed by atoms with E-state index in [0.717, 1.165) is 55.7 Å². The second kappa shape index (κ2) is 12.8. The quantitative estimate of drug-likeness (QED) is 0.213. The van der Waals surface area contributed by atoms with E-state index in [4.69, 9.17) is 4.74 Å². The zero-order valence-corrected chi connectivity index (χ0v) is 26.1. The van der Waals surface area contributed by atoms with Gasteiger partial charge < -0.3 is 24.8 Å². The number of aromatic nitrogens is 1. The van der Waals surface area contributed by atoms with Crippen molar-refractivity contribution in [3.63, 3.8) is 0 Å². The molecule has 0 spiro atoms. The fourth-order valence-electron chi connectivity index (χ4n) is 5.24. The molecule has 1 amide bonds. The molecule has 3 aromatic carbocycles. The summed E-state index contributed by atoms with van der Waals surface area (Å²) >= 11 is 0. The standard InChI is InChI=1S/C33H41N5O4S/c1-33(2,3)25-11-14-27(15-12-25)43(40,41)36-26-13-16-29-28(23-26)30(24-9-6-5-7-10-24)31(35-29)42-32(39)34-17-8-18-38-21-19-37(4)20-22-38/h5-7,9-16,23,35-36H,8,17-22H2,1-4H3,(H,34,39). The number of rotatable bonds is 9. The zero-order valence-electron chi connectivity index (χ0n) is 25.3. The van der Waals surface area contributed by atoms with E-state index in [1.165, 1.54) is 0 Å². The van der Waals surface area contributed by atoms with Crippen LogP contribution in [0.1, 0.15) is 32.8 Å². The highest BCUT2D eigenvalue weighted by atomic mass is 32.2. The first kappa shape index (κ1) is 30.6. The van der Waals surface area contributed by atoms with Crippen LogP contribution in [0.2, 0.25) is 0 Å². The second-order valence-electron chi connectivity index (χ2n) is 12.2. The number of amides is 1. The second-order valence-corrected chi connectivity index (χ2v) is 13.8. The Morgan fingerprint density at radius 3 is 2.33 bits per heavy atom. The van der Waals surface area contributed by atoms with Gasteiger partial charge in [0.2, 0.25) is 5.88 Å². The number of ether oxygens (including phenoxy) is 1. The number of sulfonamides is 1. The molecule has 5 rings (SSSR count). The van der Waals surface area contributed by atoms with Gasteiger partial charge in [0.1, 0.15) is 0 Å². The van der Waals surface area contributed by atoms with Crippen molar-refractivity contribution in [2.75, 3.05) is 51.0 Å². The van der Waals surface area contributed by atoms with Gasteiger partial charge in [0, 0.05) is 49.3 Å². The Hall–Kier alpha value is -3.86. The summed E-state index contributed by atoms with van der Waals surface area (Å²) in [6.07, 6.45) is 0.293. The Balaban J connectivity index is 1.32. The highest BCUT2D eigenvalue weighted by Crippen LogP contribution is 2.39. The molecule has 10 heteroatoms. The van der Waals surface area contributed by atoms with E-state index in [0.29, 0.717) is 29.2 Å². The molecule has 3 N–H and O–H groups in total. The number of carbonyl (C=O) groups excluding carboxylic acids is 1. The Morgan fingerprint density at radius 2 is 1.65 bits per heavy atom. The van der Waals surface area contributed by atoms with Crippen LogP contribution >= 0.6 is 0 Å². The monoisotopic (exact) mass is 603 g/mol. The topological polar surface area (TPSA) is 107 Å². The molecule has 0 saturated carbocycles. The number of anilines is 1. The van der Waals surface area contributed by atoms with Crippen molar-refractivity contribution in [3.05, 3.63) is 78.4 Å². The molecule has 4 aromatic rings. The number of H-pyrrole nitrogens is 1. The highest BCUT2D eigenvalue weighted by Gasteiger charge is 2.21. The summed E-state index contributed by atoms with van der Waals surface area (Å²) in [5.41, 5.74) is 3.62. The molecule has 1 aliphatic rings. The fourth-order valence-corrected chi connectivity index (χ4v) is 6.29. The average Bonchev–Trinajstić information content (AvgIpc) is 3.33. The van der Waals surface area contributed by atoms with Crippen molar-refractivity contribution < 1.29 is 17.9 Å². The lowest BCUT2D eigenvalue weighted by molar-refractivity contribution is 0.152. The van der Waals surface area contributed by atoms with E-state index in [1.807, 2.05) is 42.5 Å². The van der Waals surface area contributed by atoms with Gasteiger partial charge in [-0.15, -0.1) is 0 Å². The number of likely N-dealkylation sites (N-methyl/N-ethyl adjacent to an activating group) is 1. The highest BCUT2D eigenvalue weighted by molar-refractivity contribution is 7.92. The summed E-state index contributed by atoms with van der Waals surface area (Å²) in [7, 11) is -1.69. The maximum absolute atomic E-state index is 13.2. The van der Waals surface area contributed by atoms with Gasteiger partial charge >= 0.3 is 6.09 Å². The van der Waals surface area contributed by atoms with Crippen molar-refractivity contribution in [1.29, 1.82) is 0 Å². The summed E-state index contributed by atoms with van der Waals surface area (Å²) < 4.78 is 35.0. The largest absolute Gasteiger partial charge is 0.413 e. The number of nitrogens with one attached hydrogen (secondary N) is 3. The molecule has 0 bridgehead atoms. The van der Waals surface area contributed by atoms with Crippen molar-refractivity contribution in [2.24, 2.45) is 0 Å². The lowest BCUT2D eigenvalue weighted by atomic mass is 9.87. The van der Waals surface area contributed by atoms with E-state index < -0.39 is 16.1 Å². The third-order valence-corrected chi connectivity index (χ3v) is 9.22. The molecule has 2 heterocycles. The Morgan fingerprint density at radius 1 is 0.953 bits per heavy atom. The maximum atomic E-state index is 13.2. The summed E-state index contributed by atoms with van der Waals surface area (Å²) in [6, 6.07) is 21.8. The minimum absolute atomic E-state index is 0.0792. The molecule has 0 aliphatic carbocycles. The normalized spacial score (nSPS) is 15.0. The average molecular weight is 604 g/mol. The van der Waals surface area contributed by atoms with Crippen LogP contribution < -0.4 is 14.8 Å². The first-order valence-corrected chi connectivity index (χ1v) is 16.2. The van der Waals surface area contributed by atoms with Crippen LogP contribution in [0.4, 0.5) is 10.5 Å².